The topological polar surface area (TPSA) is 85.9 Å². The van der Waals surface area contributed by atoms with Gasteiger partial charge in [-0.15, -0.1) is 22.7 Å². The van der Waals surface area contributed by atoms with Gasteiger partial charge in [0, 0.05) is 44.1 Å². The molecule has 0 saturated carbocycles. The quantitative estimate of drug-likeness (QED) is 0.694. The zero-order valence-corrected chi connectivity index (χ0v) is 19.9. The van der Waals surface area contributed by atoms with Gasteiger partial charge in [0.2, 0.25) is 11.8 Å². The summed E-state index contributed by atoms with van der Waals surface area (Å²) in [6.07, 6.45) is 3.60. The molecule has 2 saturated heterocycles. The minimum atomic E-state index is -0.183. The molecule has 172 valence electrons. The number of piperazine rings is 1. The van der Waals surface area contributed by atoms with Gasteiger partial charge in [-0.2, -0.15) is 0 Å². The molecule has 0 aromatic carbocycles. The molecule has 3 amide bonds. The number of likely N-dealkylation sites (tertiary alicyclic amines) is 1. The van der Waals surface area contributed by atoms with Crippen LogP contribution in [0.4, 0.5) is 5.13 Å². The molecule has 0 spiro atoms. The summed E-state index contributed by atoms with van der Waals surface area (Å²) >= 11 is 2.70. The van der Waals surface area contributed by atoms with Crippen molar-refractivity contribution in [2.24, 2.45) is 0 Å². The molecule has 2 aliphatic heterocycles. The number of nitrogens with zero attached hydrogens (tertiary/aromatic N) is 4. The first-order chi connectivity index (χ1) is 15.5. The summed E-state index contributed by atoms with van der Waals surface area (Å²) in [6.45, 7) is 6.08. The molecule has 0 radical (unpaired) electrons. The first-order valence-corrected chi connectivity index (χ1v) is 12.8. The maximum Gasteiger partial charge on any atom is 0.267 e. The number of hydrogen-bond acceptors (Lipinski definition) is 7. The van der Waals surface area contributed by atoms with E-state index in [1.807, 2.05) is 26.6 Å². The van der Waals surface area contributed by atoms with Crippen LogP contribution in [0.3, 0.4) is 0 Å². The highest BCUT2D eigenvalue weighted by Gasteiger charge is 2.27. The van der Waals surface area contributed by atoms with Gasteiger partial charge in [-0.1, -0.05) is 6.07 Å². The number of carbonyl (C=O) groups excluding carboxylic acids is 3. The highest BCUT2D eigenvalue weighted by Crippen LogP contribution is 2.20. The van der Waals surface area contributed by atoms with E-state index in [2.05, 4.69) is 22.1 Å². The standard InChI is InChI=1S/C22H29N5O3S2/c1-16-5-2-3-7-27(16)20(29)14-25-8-10-26(11-9-25)19(28)13-17-15-32-22(23-17)24-21(30)18-6-4-12-31-18/h4,6,12,15-16H,2-3,5,7-11,13-14H2,1H3,(H,23,24,30). The lowest BCUT2D eigenvalue weighted by atomic mass is 10.0. The Kier molecular flexibility index (Phi) is 7.54. The molecule has 32 heavy (non-hydrogen) atoms. The van der Waals surface area contributed by atoms with Gasteiger partial charge in [0.15, 0.2) is 5.13 Å². The number of anilines is 1. The van der Waals surface area contributed by atoms with Crippen LogP contribution in [-0.4, -0.2) is 82.7 Å². The molecular formula is C22H29N5O3S2. The summed E-state index contributed by atoms with van der Waals surface area (Å²) in [5.74, 6) is 0.0514. The number of rotatable bonds is 6. The van der Waals surface area contributed by atoms with Gasteiger partial charge in [0.1, 0.15) is 0 Å². The van der Waals surface area contributed by atoms with E-state index in [1.54, 1.807) is 6.07 Å². The number of hydrogen-bond donors (Lipinski definition) is 1. The smallest absolute Gasteiger partial charge is 0.267 e. The summed E-state index contributed by atoms with van der Waals surface area (Å²) in [4.78, 5) is 48.5. The summed E-state index contributed by atoms with van der Waals surface area (Å²) in [6, 6.07) is 3.92. The lowest BCUT2D eigenvalue weighted by molar-refractivity contribution is -0.137. The highest BCUT2D eigenvalue weighted by atomic mass is 32.1. The normalized spacial score (nSPS) is 19.7. The third kappa shape index (κ3) is 5.73. The van der Waals surface area contributed by atoms with E-state index in [4.69, 9.17) is 0 Å². The van der Waals surface area contributed by atoms with Crippen molar-refractivity contribution in [3.63, 3.8) is 0 Å². The second-order valence-corrected chi connectivity index (χ2v) is 10.1. The lowest BCUT2D eigenvalue weighted by Gasteiger charge is -2.38. The van der Waals surface area contributed by atoms with E-state index >= 15 is 0 Å². The third-order valence-corrected chi connectivity index (χ3v) is 7.73. The molecule has 10 heteroatoms. The number of nitrogens with one attached hydrogen (secondary N) is 1. The monoisotopic (exact) mass is 475 g/mol. The summed E-state index contributed by atoms with van der Waals surface area (Å²) < 4.78 is 0. The van der Waals surface area contributed by atoms with Crippen molar-refractivity contribution in [3.8, 4) is 0 Å². The number of carbonyl (C=O) groups is 3. The minimum Gasteiger partial charge on any atom is -0.340 e. The number of amides is 3. The largest absolute Gasteiger partial charge is 0.340 e. The second-order valence-electron chi connectivity index (χ2n) is 8.34. The summed E-state index contributed by atoms with van der Waals surface area (Å²) in [7, 11) is 0. The fourth-order valence-corrected chi connectivity index (χ4v) is 5.51. The van der Waals surface area contributed by atoms with Gasteiger partial charge in [-0.3, -0.25) is 24.6 Å². The first kappa shape index (κ1) is 22.9. The second kappa shape index (κ2) is 10.5. The maximum atomic E-state index is 12.7. The van der Waals surface area contributed by atoms with Gasteiger partial charge in [-0.25, -0.2) is 4.98 Å². The van der Waals surface area contributed by atoms with Crippen molar-refractivity contribution in [2.75, 3.05) is 44.6 Å². The summed E-state index contributed by atoms with van der Waals surface area (Å²) in [5, 5.41) is 6.95. The maximum absolute atomic E-state index is 12.7. The van der Waals surface area contributed by atoms with Crippen molar-refractivity contribution in [2.45, 2.75) is 38.6 Å². The Morgan fingerprint density at radius 2 is 1.91 bits per heavy atom. The molecule has 8 nitrogen and oxygen atoms in total. The highest BCUT2D eigenvalue weighted by molar-refractivity contribution is 7.14. The average molecular weight is 476 g/mol. The molecule has 2 aromatic rings. The molecule has 0 bridgehead atoms. The Labute approximate surface area is 196 Å². The van der Waals surface area contributed by atoms with Crippen LogP contribution in [0.15, 0.2) is 22.9 Å². The van der Waals surface area contributed by atoms with Gasteiger partial charge in [0.05, 0.1) is 23.5 Å². The molecule has 2 aromatic heterocycles. The number of thiophene rings is 1. The van der Waals surface area contributed by atoms with Crippen LogP contribution in [0, 0.1) is 0 Å². The Balaban J connectivity index is 1.21. The zero-order chi connectivity index (χ0) is 22.5. The van der Waals surface area contributed by atoms with Crippen molar-refractivity contribution >= 4 is 45.5 Å². The molecule has 1 N–H and O–H groups in total. The van der Waals surface area contributed by atoms with E-state index in [0.717, 1.165) is 19.4 Å². The van der Waals surface area contributed by atoms with Gasteiger partial charge in [0.25, 0.3) is 5.91 Å². The van der Waals surface area contributed by atoms with Gasteiger partial charge in [-0.05, 0) is 37.6 Å². The predicted molar refractivity (Wildman–Crippen MR) is 126 cm³/mol. The molecule has 1 unspecified atom stereocenters. The van der Waals surface area contributed by atoms with Crippen LogP contribution in [-0.2, 0) is 16.0 Å². The Bertz CT molecular complexity index is 937. The van der Waals surface area contributed by atoms with E-state index in [9.17, 15) is 14.4 Å². The van der Waals surface area contributed by atoms with Crippen molar-refractivity contribution in [1.29, 1.82) is 0 Å². The van der Waals surface area contributed by atoms with E-state index in [-0.39, 0.29) is 24.1 Å². The van der Waals surface area contributed by atoms with Crippen molar-refractivity contribution in [3.05, 3.63) is 33.5 Å². The van der Waals surface area contributed by atoms with Crippen LogP contribution in [0.1, 0.15) is 41.6 Å². The average Bonchev–Trinajstić information content (AvgIpc) is 3.47. The third-order valence-electron chi connectivity index (χ3n) is 6.06. The Hall–Kier alpha value is -2.30. The van der Waals surface area contributed by atoms with E-state index < -0.39 is 0 Å². The molecule has 1 atom stereocenters. The van der Waals surface area contributed by atoms with Crippen LogP contribution in [0.2, 0.25) is 0 Å². The van der Waals surface area contributed by atoms with E-state index in [1.165, 1.54) is 29.1 Å². The lowest BCUT2D eigenvalue weighted by Crippen LogP contribution is -2.53. The number of thiazole rings is 1. The van der Waals surface area contributed by atoms with Gasteiger partial charge >= 0.3 is 0 Å². The Morgan fingerprint density at radius 3 is 2.62 bits per heavy atom. The van der Waals surface area contributed by atoms with Crippen LogP contribution >= 0.6 is 22.7 Å². The van der Waals surface area contributed by atoms with Crippen LogP contribution in [0.5, 0.6) is 0 Å². The molecule has 0 aliphatic carbocycles. The molecule has 4 rings (SSSR count). The van der Waals surface area contributed by atoms with Crippen molar-refractivity contribution in [1.82, 2.24) is 19.7 Å². The molecular weight excluding hydrogens is 446 g/mol. The van der Waals surface area contributed by atoms with Crippen LogP contribution in [0.25, 0.3) is 0 Å². The van der Waals surface area contributed by atoms with Crippen LogP contribution < -0.4 is 5.32 Å². The fraction of sp³-hybridized carbons (Fsp3) is 0.545. The fourth-order valence-electron chi connectivity index (χ4n) is 4.18. The number of piperidine rings is 1. The molecule has 2 aliphatic rings. The Morgan fingerprint density at radius 1 is 1.09 bits per heavy atom. The van der Waals surface area contributed by atoms with E-state index in [0.29, 0.717) is 54.5 Å². The van der Waals surface area contributed by atoms with Crippen molar-refractivity contribution < 1.29 is 14.4 Å². The predicted octanol–water partition coefficient (Wildman–Crippen LogP) is 2.54. The first-order valence-electron chi connectivity index (χ1n) is 11.1. The summed E-state index contributed by atoms with van der Waals surface area (Å²) in [5.41, 5.74) is 0.665. The minimum absolute atomic E-state index is 0.0297. The molecule has 4 heterocycles. The zero-order valence-electron chi connectivity index (χ0n) is 18.3. The SMILES string of the molecule is CC1CCCCN1C(=O)CN1CCN(C(=O)Cc2csc(NC(=O)c3cccs3)n2)CC1. The van der Waals surface area contributed by atoms with Gasteiger partial charge < -0.3 is 9.80 Å². The number of aromatic nitrogens is 1. The molecule has 2 fully saturated rings.